The summed E-state index contributed by atoms with van der Waals surface area (Å²) in [5.74, 6) is 0.883. The first-order valence-corrected chi connectivity index (χ1v) is 19.2. The molecule has 9 aromatic rings. The summed E-state index contributed by atoms with van der Waals surface area (Å²) in [5.41, 5.74) is 10.7. The highest BCUT2D eigenvalue weighted by Crippen LogP contribution is 2.49. The Morgan fingerprint density at radius 3 is 1.87 bits per heavy atom. The van der Waals surface area contributed by atoms with Crippen LogP contribution in [0.2, 0.25) is 0 Å². The van der Waals surface area contributed by atoms with Crippen molar-refractivity contribution in [2.45, 2.75) is 13.8 Å². The van der Waals surface area contributed by atoms with Crippen LogP contribution in [-0.2, 0) is 0 Å². The summed E-state index contributed by atoms with van der Waals surface area (Å²) < 4.78 is 8.56. The third-order valence-electron chi connectivity index (χ3n) is 10.6. The fraction of sp³-hybridized carbons (Fsp3) is 0.0385. The predicted octanol–water partition coefficient (Wildman–Crippen LogP) is 15.9. The van der Waals surface area contributed by atoms with Crippen LogP contribution in [0.15, 0.2) is 176 Å². The first kappa shape index (κ1) is 33.4. The maximum atomic E-state index is 6.01. The van der Waals surface area contributed by atoms with Crippen LogP contribution in [0.25, 0.3) is 104 Å². The number of rotatable bonds is 8. The summed E-state index contributed by atoms with van der Waals surface area (Å²) in [5, 5.41) is 9.75. The van der Waals surface area contributed by atoms with Gasteiger partial charge in [-0.3, -0.25) is 0 Å². The number of thiophene rings is 1. The predicted molar refractivity (Wildman–Crippen MR) is 238 cm³/mol. The molecule has 9 rings (SSSR count). The zero-order valence-corrected chi connectivity index (χ0v) is 31.2. The fourth-order valence-corrected chi connectivity index (χ4v) is 9.61. The summed E-state index contributed by atoms with van der Waals surface area (Å²) in [4.78, 5) is 0. The van der Waals surface area contributed by atoms with E-state index >= 15 is 0 Å². The minimum atomic E-state index is 0.883. The Balaban J connectivity index is 1.33. The second-order valence-electron chi connectivity index (χ2n) is 13.5. The maximum Gasteiger partial charge on any atom is 0.135 e. The van der Waals surface area contributed by atoms with Gasteiger partial charge >= 0.3 is 0 Å². The number of allylic oxidation sites excluding steroid dienone is 6. The van der Waals surface area contributed by atoms with Crippen molar-refractivity contribution in [3.63, 3.8) is 0 Å². The number of hydrogen-bond acceptors (Lipinski definition) is 2. The van der Waals surface area contributed by atoms with E-state index in [1.165, 1.54) is 85.9 Å². The summed E-state index contributed by atoms with van der Waals surface area (Å²) in [6, 6.07) is 44.1. The fourth-order valence-electron chi connectivity index (χ4n) is 8.40. The molecule has 0 aliphatic heterocycles. The molecule has 0 atom stereocenters. The second kappa shape index (κ2) is 13.8. The summed E-state index contributed by atoms with van der Waals surface area (Å²) in [7, 11) is 0. The number of hydrogen-bond donors (Lipinski definition) is 0. The Bertz CT molecular complexity index is 2980. The molecule has 0 amide bonds. The van der Waals surface area contributed by atoms with Crippen molar-refractivity contribution in [3.05, 3.63) is 188 Å². The van der Waals surface area contributed by atoms with E-state index in [9.17, 15) is 0 Å². The molecule has 0 aliphatic rings. The molecular formula is C52H38OS. The minimum Gasteiger partial charge on any atom is -0.464 e. The Morgan fingerprint density at radius 1 is 0.611 bits per heavy atom. The molecule has 0 N–H and O–H groups in total. The molecule has 2 aromatic heterocycles. The Labute approximate surface area is 319 Å². The summed E-state index contributed by atoms with van der Waals surface area (Å²) >= 11 is 1.87. The van der Waals surface area contributed by atoms with Crippen LogP contribution in [-0.4, -0.2) is 0 Å². The van der Waals surface area contributed by atoms with Gasteiger partial charge in [-0.25, -0.2) is 0 Å². The van der Waals surface area contributed by atoms with Crippen molar-refractivity contribution in [1.82, 2.24) is 0 Å². The van der Waals surface area contributed by atoms with Crippen molar-refractivity contribution in [2.24, 2.45) is 0 Å². The molecule has 258 valence electrons. The molecule has 54 heavy (non-hydrogen) atoms. The number of furan rings is 1. The van der Waals surface area contributed by atoms with E-state index in [-0.39, 0.29) is 0 Å². The molecule has 0 unspecified atom stereocenters. The molecule has 0 saturated heterocycles. The highest BCUT2D eigenvalue weighted by molar-refractivity contribution is 7.26. The van der Waals surface area contributed by atoms with Gasteiger partial charge in [-0.15, -0.1) is 11.3 Å². The van der Waals surface area contributed by atoms with Crippen LogP contribution in [0.5, 0.6) is 0 Å². The van der Waals surface area contributed by atoms with Gasteiger partial charge in [0.25, 0.3) is 0 Å². The van der Waals surface area contributed by atoms with Crippen LogP contribution in [0, 0.1) is 0 Å². The molecule has 2 heterocycles. The summed E-state index contributed by atoms with van der Waals surface area (Å²) in [6.45, 7) is 12.5. The maximum absolute atomic E-state index is 6.01. The highest BCUT2D eigenvalue weighted by atomic mass is 32.1. The number of benzene rings is 7. The lowest BCUT2D eigenvalue weighted by Crippen LogP contribution is -1.98. The SMILES string of the molecule is C=C/C=C\C(=C/C)c1c(C=C)c(/C=C\C)c(-c2cccc3c2sc2ccc(-c4c5ccccc5c(-c5ccco5)c5ccccc45)cc23)c2ccccc12. The molecule has 0 spiro atoms. The summed E-state index contributed by atoms with van der Waals surface area (Å²) in [6.07, 6.45) is 16.3. The van der Waals surface area contributed by atoms with E-state index in [0.717, 1.165) is 22.5 Å². The van der Waals surface area contributed by atoms with Gasteiger partial charge in [0.1, 0.15) is 5.76 Å². The van der Waals surface area contributed by atoms with Crippen LogP contribution in [0.3, 0.4) is 0 Å². The van der Waals surface area contributed by atoms with Crippen molar-refractivity contribution in [1.29, 1.82) is 0 Å². The number of fused-ring (bicyclic) bond motifs is 6. The average molecular weight is 711 g/mol. The first-order chi connectivity index (χ1) is 26.7. The van der Waals surface area contributed by atoms with E-state index in [0.29, 0.717) is 0 Å². The van der Waals surface area contributed by atoms with Crippen molar-refractivity contribution in [3.8, 4) is 33.6 Å². The van der Waals surface area contributed by atoms with Crippen molar-refractivity contribution in [2.75, 3.05) is 0 Å². The van der Waals surface area contributed by atoms with Gasteiger partial charge in [0.2, 0.25) is 0 Å². The van der Waals surface area contributed by atoms with Crippen molar-refractivity contribution >= 4 is 81.6 Å². The van der Waals surface area contributed by atoms with Gasteiger partial charge in [-0.2, -0.15) is 0 Å². The van der Waals surface area contributed by atoms with E-state index < -0.39 is 0 Å². The molecular weight excluding hydrogens is 673 g/mol. The van der Waals surface area contributed by atoms with Gasteiger partial charge in [0.05, 0.1) is 6.26 Å². The molecule has 2 heteroatoms. The van der Waals surface area contributed by atoms with Crippen LogP contribution in [0.4, 0.5) is 0 Å². The average Bonchev–Trinajstić information content (AvgIpc) is 3.89. The topological polar surface area (TPSA) is 13.1 Å². The lowest BCUT2D eigenvalue weighted by atomic mass is 9.82. The molecule has 0 bridgehead atoms. The quantitative estimate of drug-likeness (QED) is 0.113. The van der Waals surface area contributed by atoms with Gasteiger partial charge < -0.3 is 4.42 Å². The highest BCUT2D eigenvalue weighted by Gasteiger charge is 2.23. The third-order valence-corrected chi connectivity index (χ3v) is 11.8. The van der Waals surface area contributed by atoms with Gasteiger partial charge in [0.15, 0.2) is 0 Å². The van der Waals surface area contributed by atoms with Gasteiger partial charge in [-0.1, -0.05) is 153 Å². The Kier molecular flexibility index (Phi) is 8.54. The molecule has 0 saturated carbocycles. The molecule has 0 aliphatic carbocycles. The van der Waals surface area contributed by atoms with Crippen LogP contribution < -0.4 is 0 Å². The van der Waals surface area contributed by atoms with E-state index in [4.69, 9.17) is 4.42 Å². The normalized spacial score (nSPS) is 12.4. The van der Waals surface area contributed by atoms with E-state index in [2.05, 4.69) is 167 Å². The van der Waals surface area contributed by atoms with Crippen molar-refractivity contribution < 1.29 is 4.42 Å². The third kappa shape index (κ3) is 5.22. The first-order valence-electron chi connectivity index (χ1n) is 18.4. The molecule has 1 nitrogen and oxygen atoms in total. The molecule has 7 aromatic carbocycles. The van der Waals surface area contributed by atoms with E-state index in [1.54, 1.807) is 6.26 Å². The molecule has 0 radical (unpaired) electrons. The lowest BCUT2D eigenvalue weighted by molar-refractivity contribution is 0.583. The van der Waals surface area contributed by atoms with Crippen LogP contribution >= 0.6 is 11.3 Å². The standard InChI is InChI=1S/C52H38OS/c1-5-9-19-33(7-3)48-35(8-4)36(18-6-2)50(40-23-13-10-20-37(40)48)44-27-16-26-43-45-32-34(29-30-47(45)54-52(43)44)49-38-21-11-14-24-41(38)51(46-28-17-31-53-46)42-25-15-12-22-39(42)49/h5-32H,1,4H2,2-3H3/b18-6-,19-9-,33-7+. The second-order valence-corrected chi connectivity index (χ2v) is 14.5. The van der Waals surface area contributed by atoms with E-state index in [1.807, 2.05) is 35.6 Å². The molecule has 0 fully saturated rings. The van der Waals surface area contributed by atoms with Gasteiger partial charge in [-0.05, 0) is 109 Å². The monoisotopic (exact) mass is 710 g/mol. The zero-order valence-electron chi connectivity index (χ0n) is 30.4. The Morgan fingerprint density at radius 2 is 1.26 bits per heavy atom. The largest absolute Gasteiger partial charge is 0.464 e. The minimum absolute atomic E-state index is 0.883. The van der Waals surface area contributed by atoms with Gasteiger partial charge in [0, 0.05) is 31.3 Å². The Hall–Kier alpha value is -6.48. The zero-order chi connectivity index (χ0) is 36.8. The lowest BCUT2D eigenvalue weighted by Gasteiger charge is -2.21. The van der Waals surface area contributed by atoms with Crippen LogP contribution in [0.1, 0.15) is 30.5 Å². The smallest absolute Gasteiger partial charge is 0.135 e.